The normalized spacial score (nSPS) is 11.6. The molecule has 324 valence electrons. The first-order chi connectivity index (χ1) is 30.5. The monoisotopic (exact) mass is 905 g/mol. The number of hydrogen-bond donors (Lipinski definition) is 0. The summed E-state index contributed by atoms with van der Waals surface area (Å²) in [6.45, 7) is 5.10. The minimum atomic E-state index is -0.963. The minimum Gasteiger partial charge on any atom is -0.443 e. The summed E-state index contributed by atoms with van der Waals surface area (Å²) in [5, 5.41) is 25.2. The number of aromatic nitrogens is 2. The van der Waals surface area contributed by atoms with Crippen molar-refractivity contribution in [1.82, 2.24) is 9.13 Å². The highest BCUT2D eigenvalue weighted by Crippen LogP contribution is 2.44. The van der Waals surface area contributed by atoms with Gasteiger partial charge in [-0.2, -0.15) is 0 Å². The Morgan fingerprint density at radius 1 is 0.594 bits per heavy atom. The molecule has 11 nitrogen and oxygen atoms in total. The highest BCUT2D eigenvalue weighted by Gasteiger charge is 2.28. The zero-order valence-electron chi connectivity index (χ0n) is 34.1. The predicted octanol–water partition coefficient (Wildman–Crippen LogP) is 13.4. The molecule has 1 amide bonds. The van der Waals surface area contributed by atoms with Gasteiger partial charge in [0, 0.05) is 70.3 Å². The number of carbonyl (C=O) groups is 1. The van der Waals surface area contributed by atoms with E-state index in [0.29, 0.717) is 63.9 Å². The molecular formula is C47H35F4N5O6S2. The summed E-state index contributed by atoms with van der Waals surface area (Å²) in [7, 11) is 0. The molecule has 0 unspecified atom stereocenters. The van der Waals surface area contributed by atoms with E-state index in [9.17, 15) is 42.6 Å². The van der Waals surface area contributed by atoms with Crippen LogP contribution < -0.4 is 4.90 Å². The molecule has 6 aromatic carbocycles. The van der Waals surface area contributed by atoms with Gasteiger partial charge in [-0.25, -0.2) is 27.3 Å². The van der Waals surface area contributed by atoms with Crippen LogP contribution in [-0.4, -0.2) is 30.7 Å². The molecule has 17 heteroatoms. The van der Waals surface area contributed by atoms with Gasteiger partial charge in [-0.1, -0.05) is 47.8 Å². The number of rotatable bonds is 12. The topological polar surface area (TPSA) is 126 Å². The zero-order chi connectivity index (χ0) is 45.4. The molecule has 0 saturated carbocycles. The zero-order valence-corrected chi connectivity index (χ0v) is 35.8. The molecule has 0 atom stereocenters. The van der Waals surface area contributed by atoms with Crippen LogP contribution in [0.25, 0.3) is 21.8 Å². The van der Waals surface area contributed by atoms with E-state index in [0.717, 1.165) is 35.7 Å². The highest BCUT2D eigenvalue weighted by molar-refractivity contribution is 8.00. The molecule has 2 heterocycles. The van der Waals surface area contributed by atoms with Crippen molar-refractivity contribution in [2.45, 2.75) is 59.0 Å². The van der Waals surface area contributed by atoms with Gasteiger partial charge in [0.1, 0.15) is 28.9 Å². The Labute approximate surface area is 371 Å². The fourth-order valence-electron chi connectivity index (χ4n) is 7.29. The number of nitrogens with zero attached hydrogens (tertiary/aromatic N) is 5. The van der Waals surface area contributed by atoms with Gasteiger partial charge >= 0.3 is 6.09 Å². The number of hydrogen-bond acceptors (Lipinski definition) is 8. The van der Waals surface area contributed by atoms with E-state index in [1.54, 1.807) is 115 Å². The van der Waals surface area contributed by atoms with Crippen LogP contribution >= 0.6 is 23.5 Å². The Hall–Kier alpha value is -7.11. The maximum absolute atomic E-state index is 14.5. The molecular weight excluding hydrogens is 871 g/mol. The second-order valence-electron chi connectivity index (χ2n) is 15.7. The second kappa shape index (κ2) is 17.6. The van der Waals surface area contributed by atoms with Gasteiger partial charge in [0.25, 0.3) is 11.4 Å². The molecule has 0 N–H and O–H groups in total. The number of nitro groups is 2. The Kier molecular flexibility index (Phi) is 12.0. The largest absolute Gasteiger partial charge is 0.443 e. The van der Waals surface area contributed by atoms with E-state index in [-0.39, 0.29) is 24.5 Å². The molecule has 2 aromatic heterocycles. The highest BCUT2D eigenvalue weighted by atomic mass is 32.2. The Morgan fingerprint density at radius 2 is 0.984 bits per heavy atom. The van der Waals surface area contributed by atoms with Crippen LogP contribution in [0.3, 0.4) is 0 Å². The lowest BCUT2D eigenvalue weighted by molar-refractivity contribution is -0.387. The van der Waals surface area contributed by atoms with Crippen LogP contribution in [0, 0.1) is 43.5 Å². The van der Waals surface area contributed by atoms with Crippen molar-refractivity contribution in [3.63, 3.8) is 0 Å². The third-order valence-corrected chi connectivity index (χ3v) is 12.1. The Morgan fingerprint density at radius 3 is 1.36 bits per heavy atom. The van der Waals surface area contributed by atoms with Crippen LogP contribution in [0.5, 0.6) is 0 Å². The molecule has 0 saturated heterocycles. The average molecular weight is 906 g/mol. The molecule has 0 bridgehead atoms. The third-order valence-electron chi connectivity index (χ3n) is 9.87. The maximum Gasteiger partial charge on any atom is 0.419 e. The lowest BCUT2D eigenvalue weighted by Crippen LogP contribution is -2.33. The quantitative estimate of drug-likeness (QED) is 0.0674. The van der Waals surface area contributed by atoms with E-state index in [1.165, 1.54) is 41.3 Å². The second-order valence-corrected chi connectivity index (χ2v) is 17.8. The number of nitro benzene ring substituents is 2. The average Bonchev–Trinajstić information content (AvgIpc) is 3.72. The summed E-state index contributed by atoms with van der Waals surface area (Å²) >= 11 is 2.28. The van der Waals surface area contributed by atoms with Crippen molar-refractivity contribution in [2.75, 3.05) is 4.90 Å². The molecule has 0 radical (unpaired) electrons. The third kappa shape index (κ3) is 9.45. The van der Waals surface area contributed by atoms with E-state index >= 15 is 0 Å². The SMILES string of the molecule is CC(C)(C)OC(=O)N(c1ccc2c(Sc3ccccc3[N+](=O)[O-])cn(Cc3cc(F)cc(F)c3)c2c1)c1ccc2c(Sc3ccccc3[N+](=O)[O-])cn(Cc3cc(F)cc(F)c3)c2c1. The predicted molar refractivity (Wildman–Crippen MR) is 238 cm³/mol. The van der Waals surface area contributed by atoms with Crippen LogP contribution in [-0.2, 0) is 17.8 Å². The minimum absolute atomic E-state index is 0.0152. The van der Waals surface area contributed by atoms with Crippen LogP contribution in [0.4, 0.5) is 45.1 Å². The first kappa shape index (κ1) is 43.5. The van der Waals surface area contributed by atoms with Gasteiger partial charge < -0.3 is 13.9 Å². The van der Waals surface area contributed by atoms with Crippen molar-refractivity contribution in [3.05, 3.63) is 188 Å². The van der Waals surface area contributed by atoms with Gasteiger partial charge in [0.05, 0.1) is 42.0 Å². The number of amides is 1. The number of anilines is 2. The number of carbonyl (C=O) groups excluding carboxylic acids is 1. The van der Waals surface area contributed by atoms with Gasteiger partial charge in [0.2, 0.25) is 0 Å². The van der Waals surface area contributed by atoms with Gasteiger partial charge in [-0.05, 0) is 105 Å². The van der Waals surface area contributed by atoms with Crippen molar-refractivity contribution in [2.24, 2.45) is 0 Å². The number of para-hydroxylation sites is 2. The summed E-state index contributed by atoms with van der Waals surface area (Å²) in [6, 6.07) is 29.1. The Balaban J connectivity index is 1.29. The van der Waals surface area contributed by atoms with Crippen molar-refractivity contribution >= 4 is 74.2 Å². The summed E-state index contributed by atoms with van der Waals surface area (Å²) in [5.74, 6) is -3.10. The Bertz CT molecular complexity index is 2910. The standard InChI is InChI=1S/C47H35F4N5O6S2/c1-47(2,3)62-46(57)54(34-12-14-36-40(22-34)52(24-28-16-30(48)20-31(49)17-28)26-44(36)63-42-10-6-4-8-38(42)55(58)59)35-13-15-37-41(23-35)53(25-29-18-32(50)21-33(51)19-29)27-45(37)64-43-11-7-5-9-39(43)56(60)61/h4-23,26-27H,24-25H2,1-3H3. The molecule has 8 rings (SSSR count). The summed E-state index contributed by atoms with van der Waals surface area (Å²) in [6.07, 6.45) is 2.67. The first-order valence-electron chi connectivity index (χ1n) is 19.5. The molecule has 64 heavy (non-hydrogen) atoms. The molecule has 8 aromatic rings. The molecule has 0 aliphatic carbocycles. The smallest absolute Gasteiger partial charge is 0.419 e. The van der Waals surface area contributed by atoms with Crippen LogP contribution in [0.2, 0.25) is 0 Å². The first-order valence-corrected chi connectivity index (χ1v) is 21.1. The maximum atomic E-state index is 14.5. The number of fused-ring (bicyclic) bond motifs is 2. The summed E-state index contributed by atoms with van der Waals surface area (Å²) in [5.41, 5.74) is 1.06. The van der Waals surface area contributed by atoms with Crippen LogP contribution in [0.15, 0.2) is 153 Å². The summed E-state index contributed by atoms with van der Waals surface area (Å²) in [4.78, 5) is 40.6. The van der Waals surface area contributed by atoms with Gasteiger partial charge in [0.15, 0.2) is 0 Å². The fourth-order valence-corrected chi connectivity index (χ4v) is 9.47. The van der Waals surface area contributed by atoms with Crippen molar-refractivity contribution in [1.29, 1.82) is 0 Å². The fraction of sp³-hybridized carbons (Fsp3) is 0.128. The number of benzene rings is 6. The lowest BCUT2D eigenvalue weighted by atomic mass is 10.1. The van der Waals surface area contributed by atoms with E-state index < -0.39 is 44.8 Å². The number of halogens is 4. The van der Waals surface area contributed by atoms with Gasteiger partial charge in [-0.3, -0.25) is 20.2 Å². The van der Waals surface area contributed by atoms with Crippen molar-refractivity contribution < 1.29 is 36.9 Å². The summed E-state index contributed by atoms with van der Waals surface area (Å²) < 4.78 is 67.2. The van der Waals surface area contributed by atoms with Crippen molar-refractivity contribution in [3.8, 4) is 0 Å². The molecule has 0 spiro atoms. The molecule has 0 aliphatic heterocycles. The van der Waals surface area contributed by atoms with Gasteiger partial charge in [-0.15, -0.1) is 0 Å². The van der Waals surface area contributed by atoms with E-state index in [2.05, 4.69) is 0 Å². The van der Waals surface area contributed by atoms with Crippen LogP contribution in [0.1, 0.15) is 31.9 Å². The number of ether oxygens (including phenoxy) is 1. The van der Waals surface area contributed by atoms with E-state index in [1.807, 2.05) is 0 Å². The lowest BCUT2D eigenvalue weighted by Gasteiger charge is -2.28. The van der Waals surface area contributed by atoms with E-state index in [4.69, 9.17) is 4.74 Å². The molecule has 0 aliphatic rings. The molecule has 0 fully saturated rings.